The fourth-order valence-corrected chi connectivity index (χ4v) is 5.40. The molecular weight excluding hydrogens is 538 g/mol. The van der Waals surface area contributed by atoms with E-state index in [0.29, 0.717) is 48.7 Å². The average Bonchev–Trinajstić information content (AvgIpc) is 3.26. The van der Waals surface area contributed by atoms with Crippen LogP contribution in [0.3, 0.4) is 0 Å². The number of carbonyl (C=O) groups excluding carboxylic acids is 2. The zero-order chi connectivity index (χ0) is 29.6. The number of nitro benzene ring substituents is 1. The lowest BCUT2D eigenvalue weighted by molar-refractivity contribution is -0.384. The number of non-ortho nitro benzene ring substituents is 1. The van der Waals surface area contributed by atoms with Gasteiger partial charge < -0.3 is 19.5 Å². The average molecular weight is 572 g/mol. The molecule has 2 saturated heterocycles. The summed E-state index contributed by atoms with van der Waals surface area (Å²) in [5, 5.41) is 22.8. The van der Waals surface area contributed by atoms with Crippen molar-refractivity contribution in [1.29, 1.82) is 0 Å². The van der Waals surface area contributed by atoms with Crippen LogP contribution in [0.25, 0.3) is 5.76 Å². The maximum absolute atomic E-state index is 13.4. The van der Waals surface area contributed by atoms with Gasteiger partial charge in [0.25, 0.3) is 17.4 Å². The number of Topliss-reactive ketones (excluding diaryl/α,β-unsaturated/α-hetero) is 1. The van der Waals surface area contributed by atoms with Gasteiger partial charge in [-0.25, -0.2) is 0 Å². The maximum Gasteiger partial charge on any atom is 0.295 e. The molecule has 42 heavy (non-hydrogen) atoms. The van der Waals surface area contributed by atoms with E-state index in [-0.39, 0.29) is 23.6 Å². The van der Waals surface area contributed by atoms with E-state index in [4.69, 9.17) is 9.47 Å². The highest BCUT2D eigenvalue weighted by molar-refractivity contribution is 6.46. The fourth-order valence-electron chi connectivity index (χ4n) is 5.40. The summed E-state index contributed by atoms with van der Waals surface area (Å²) in [7, 11) is 0. The number of carbonyl (C=O) groups is 2. The van der Waals surface area contributed by atoms with Gasteiger partial charge in [-0.15, -0.1) is 0 Å². The van der Waals surface area contributed by atoms with Crippen LogP contribution in [0.2, 0.25) is 0 Å². The highest BCUT2D eigenvalue weighted by Gasteiger charge is 2.46. The Morgan fingerprint density at radius 1 is 1.02 bits per heavy atom. The van der Waals surface area contributed by atoms with E-state index >= 15 is 0 Å². The minimum Gasteiger partial charge on any atom is -0.507 e. The Bertz CT molecular complexity index is 1480. The van der Waals surface area contributed by atoms with Crippen LogP contribution >= 0.6 is 0 Å². The molecule has 1 atom stereocenters. The van der Waals surface area contributed by atoms with Crippen LogP contribution in [-0.4, -0.2) is 70.9 Å². The van der Waals surface area contributed by atoms with Crippen LogP contribution in [-0.2, 0) is 20.9 Å². The van der Waals surface area contributed by atoms with E-state index < -0.39 is 22.7 Å². The van der Waals surface area contributed by atoms with Gasteiger partial charge in [0, 0.05) is 43.9 Å². The molecule has 10 heteroatoms. The molecule has 10 nitrogen and oxygen atoms in total. The first-order chi connectivity index (χ1) is 20.3. The van der Waals surface area contributed by atoms with Crippen molar-refractivity contribution in [2.45, 2.75) is 26.0 Å². The van der Waals surface area contributed by atoms with Crippen molar-refractivity contribution in [3.63, 3.8) is 0 Å². The summed E-state index contributed by atoms with van der Waals surface area (Å²) in [5.74, 6) is -1.18. The topological polar surface area (TPSA) is 122 Å². The first-order valence-electron chi connectivity index (χ1n) is 13.9. The van der Waals surface area contributed by atoms with Gasteiger partial charge in [0.2, 0.25) is 0 Å². The fraction of sp³-hybridized carbons (Fsp3) is 0.312. The third-order valence-corrected chi connectivity index (χ3v) is 7.64. The number of hydrogen-bond donors (Lipinski definition) is 1. The summed E-state index contributed by atoms with van der Waals surface area (Å²) in [5.41, 5.74) is 2.44. The first kappa shape index (κ1) is 29.0. The van der Waals surface area contributed by atoms with Crippen LogP contribution in [0.15, 0.2) is 78.4 Å². The molecule has 2 heterocycles. The standard InChI is InChI=1S/C32H33N3O7/c1-22-20-26(42-21-23-6-3-2-4-7-23)12-13-27(22)30(36)28-29(24-8-10-25(11-9-24)35(39)40)34(32(38)31(28)37)15-5-14-33-16-18-41-19-17-33/h2-4,6-13,20,29,36H,5,14-19,21H2,1H3/t29-/m0/s1. The number of morpholine rings is 1. The van der Waals surface area contributed by atoms with Crippen molar-refractivity contribution in [3.05, 3.63) is 111 Å². The number of aliphatic hydroxyl groups is 1. The van der Waals surface area contributed by atoms with Gasteiger partial charge in [-0.05, 0) is 60.4 Å². The molecule has 0 spiro atoms. The molecule has 2 aliphatic rings. The molecule has 5 rings (SSSR count). The Balaban J connectivity index is 1.44. The Morgan fingerprint density at radius 2 is 1.74 bits per heavy atom. The monoisotopic (exact) mass is 571 g/mol. The van der Waals surface area contributed by atoms with Crippen molar-refractivity contribution in [2.24, 2.45) is 0 Å². The zero-order valence-electron chi connectivity index (χ0n) is 23.4. The smallest absolute Gasteiger partial charge is 0.295 e. The van der Waals surface area contributed by atoms with Crippen molar-refractivity contribution in [3.8, 4) is 5.75 Å². The van der Waals surface area contributed by atoms with E-state index in [1.165, 1.54) is 29.2 Å². The Labute approximate surface area is 243 Å². The molecule has 2 aliphatic heterocycles. The van der Waals surface area contributed by atoms with Crippen molar-refractivity contribution in [1.82, 2.24) is 9.80 Å². The third-order valence-electron chi connectivity index (χ3n) is 7.64. The first-order valence-corrected chi connectivity index (χ1v) is 13.9. The number of amides is 1. The normalized spacial score (nSPS) is 18.8. The highest BCUT2D eigenvalue weighted by Crippen LogP contribution is 2.40. The number of aliphatic hydroxyl groups excluding tert-OH is 1. The minimum absolute atomic E-state index is 0.0405. The van der Waals surface area contributed by atoms with Crippen molar-refractivity contribution >= 4 is 23.1 Å². The van der Waals surface area contributed by atoms with Crippen LogP contribution in [0.1, 0.15) is 34.7 Å². The zero-order valence-corrected chi connectivity index (χ0v) is 23.4. The number of aryl methyl sites for hydroxylation is 1. The summed E-state index contributed by atoms with van der Waals surface area (Å²) in [6.07, 6.45) is 0.614. The number of hydrogen-bond acceptors (Lipinski definition) is 8. The van der Waals surface area contributed by atoms with Gasteiger partial charge in [0.1, 0.15) is 18.1 Å². The van der Waals surface area contributed by atoms with Gasteiger partial charge in [-0.3, -0.25) is 24.6 Å². The van der Waals surface area contributed by atoms with Crippen molar-refractivity contribution in [2.75, 3.05) is 39.4 Å². The molecular formula is C32H33N3O7. The van der Waals surface area contributed by atoms with E-state index in [1.807, 2.05) is 30.3 Å². The summed E-state index contributed by atoms with van der Waals surface area (Å²) in [6.45, 7) is 6.09. The summed E-state index contributed by atoms with van der Waals surface area (Å²) >= 11 is 0. The summed E-state index contributed by atoms with van der Waals surface area (Å²) in [6, 6.07) is 19.7. The molecule has 2 fully saturated rings. The Hall–Kier alpha value is -4.54. The molecule has 0 radical (unpaired) electrons. The number of rotatable bonds is 10. The molecule has 218 valence electrons. The quantitative estimate of drug-likeness (QED) is 0.123. The van der Waals surface area contributed by atoms with Crippen LogP contribution in [0.5, 0.6) is 5.75 Å². The molecule has 3 aromatic carbocycles. The summed E-state index contributed by atoms with van der Waals surface area (Å²) < 4.78 is 11.3. The number of benzene rings is 3. The van der Waals surface area contributed by atoms with E-state index in [9.17, 15) is 24.8 Å². The van der Waals surface area contributed by atoms with Crippen LogP contribution in [0.4, 0.5) is 5.69 Å². The largest absolute Gasteiger partial charge is 0.507 e. The van der Waals surface area contributed by atoms with Gasteiger partial charge in [-0.1, -0.05) is 30.3 Å². The summed E-state index contributed by atoms with van der Waals surface area (Å²) in [4.78, 5) is 41.2. The molecule has 1 N–H and O–H groups in total. The molecule has 0 aliphatic carbocycles. The number of nitro groups is 1. The van der Waals surface area contributed by atoms with Gasteiger partial charge >= 0.3 is 0 Å². The highest BCUT2D eigenvalue weighted by atomic mass is 16.6. The molecule has 0 saturated carbocycles. The second-order valence-electron chi connectivity index (χ2n) is 10.4. The maximum atomic E-state index is 13.4. The van der Waals surface area contributed by atoms with Gasteiger partial charge in [0.15, 0.2) is 0 Å². The molecule has 0 aromatic heterocycles. The van der Waals surface area contributed by atoms with Crippen LogP contribution in [0, 0.1) is 17.0 Å². The predicted octanol–water partition coefficient (Wildman–Crippen LogP) is 4.63. The van der Waals surface area contributed by atoms with E-state index in [0.717, 1.165) is 25.2 Å². The minimum atomic E-state index is -0.885. The van der Waals surface area contributed by atoms with Crippen LogP contribution < -0.4 is 4.74 Å². The second kappa shape index (κ2) is 13.0. The Kier molecular flexibility index (Phi) is 8.94. The van der Waals surface area contributed by atoms with E-state index in [2.05, 4.69) is 4.90 Å². The SMILES string of the molecule is Cc1cc(OCc2ccccc2)ccc1C(O)=C1C(=O)C(=O)N(CCCN2CCOCC2)[C@H]1c1ccc([N+](=O)[O-])cc1. The third kappa shape index (κ3) is 6.35. The number of ketones is 1. The predicted molar refractivity (Wildman–Crippen MR) is 156 cm³/mol. The number of nitrogens with zero attached hydrogens (tertiary/aromatic N) is 3. The molecule has 0 unspecified atom stereocenters. The lowest BCUT2D eigenvalue weighted by Gasteiger charge is -2.29. The lowest BCUT2D eigenvalue weighted by atomic mass is 9.93. The van der Waals surface area contributed by atoms with Crippen molar-refractivity contribution < 1.29 is 29.1 Å². The van der Waals surface area contributed by atoms with Gasteiger partial charge in [-0.2, -0.15) is 0 Å². The number of likely N-dealkylation sites (tertiary alicyclic amines) is 1. The van der Waals surface area contributed by atoms with Gasteiger partial charge in [0.05, 0.1) is 29.8 Å². The number of ether oxygens (including phenoxy) is 2. The molecule has 3 aromatic rings. The Morgan fingerprint density at radius 3 is 2.40 bits per heavy atom. The van der Waals surface area contributed by atoms with E-state index in [1.54, 1.807) is 25.1 Å². The second-order valence-corrected chi connectivity index (χ2v) is 10.4. The molecule has 1 amide bonds. The molecule has 0 bridgehead atoms. The lowest BCUT2D eigenvalue weighted by Crippen LogP contribution is -2.38.